The Morgan fingerprint density at radius 3 is 2.32 bits per heavy atom. The van der Waals surface area contributed by atoms with E-state index >= 15 is 0 Å². The van der Waals surface area contributed by atoms with Gasteiger partial charge in [0.2, 0.25) is 0 Å². The summed E-state index contributed by atoms with van der Waals surface area (Å²) in [6.45, 7) is 5.19. The number of benzene rings is 2. The van der Waals surface area contributed by atoms with E-state index < -0.39 is 0 Å². The number of anilines is 2. The fraction of sp³-hybridized carbons (Fsp3) is 0.333. The highest BCUT2D eigenvalue weighted by atomic mass is 16.5. The summed E-state index contributed by atoms with van der Waals surface area (Å²) in [5.74, 6) is 0.723. The summed E-state index contributed by atoms with van der Waals surface area (Å²) in [5, 5.41) is 5.65. The van der Waals surface area contributed by atoms with Gasteiger partial charge in [0.1, 0.15) is 5.75 Å². The molecule has 0 atom stereocenters. The highest BCUT2D eigenvalue weighted by Gasteiger charge is 2.23. The van der Waals surface area contributed by atoms with Gasteiger partial charge in [0.25, 0.3) is 5.91 Å². The zero-order valence-electron chi connectivity index (χ0n) is 16.3. The molecule has 7 heteroatoms. The molecular formula is C21H26N4O3. The van der Waals surface area contributed by atoms with Crippen LogP contribution >= 0.6 is 0 Å². The number of carbonyl (C=O) groups is 2. The summed E-state index contributed by atoms with van der Waals surface area (Å²) in [5.41, 5.74) is 2.29. The molecule has 0 spiro atoms. The molecule has 3 rings (SSSR count). The summed E-state index contributed by atoms with van der Waals surface area (Å²) < 4.78 is 5.43. The van der Waals surface area contributed by atoms with Crippen molar-refractivity contribution in [2.45, 2.75) is 6.92 Å². The number of urea groups is 1. The van der Waals surface area contributed by atoms with Gasteiger partial charge < -0.3 is 25.2 Å². The first-order valence-corrected chi connectivity index (χ1v) is 9.44. The molecule has 1 saturated heterocycles. The van der Waals surface area contributed by atoms with Crippen molar-refractivity contribution in [3.63, 3.8) is 0 Å². The number of rotatable bonds is 5. The molecule has 0 unspecified atom stereocenters. The second kappa shape index (κ2) is 9.12. The Morgan fingerprint density at radius 2 is 1.68 bits per heavy atom. The van der Waals surface area contributed by atoms with E-state index in [-0.39, 0.29) is 11.9 Å². The number of nitrogens with zero attached hydrogens (tertiary/aromatic N) is 2. The van der Waals surface area contributed by atoms with Gasteiger partial charge in [0.05, 0.1) is 12.8 Å². The Labute approximate surface area is 165 Å². The summed E-state index contributed by atoms with van der Waals surface area (Å²) in [6.07, 6.45) is 0. The van der Waals surface area contributed by atoms with Crippen LogP contribution in [-0.2, 0) is 0 Å². The molecule has 2 aromatic rings. The fourth-order valence-electron chi connectivity index (χ4n) is 3.21. The van der Waals surface area contributed by atoms with Crippen LogP contribution in [0.25, 0.3) is 0 Å². The summed E-state index contributed by atoms with van der Waals surface area (Å²) >= 11 is 0. The first-order valence-electron chi connectivity index (χ1n) is 9.44. The van der Waals surface area contributed by atoms with E-state index in [4.69, 9.17) is 4.74 Å². The van der Waals surface area contributed by atoms with Crippen LogP contribution in [-0.4, -0.2) is 56.7 Å². The molecule has 28 heavy (non-hydrogen) atoms. The minimum absolute atomic E-state index is 0.118. The topological polar surface area (TPSA) is 73.9 Å². The summed E-state index contributed by atoms with van der Waals surface area (Å²) in [7, 11) is 1.67. The number of methoxy groups -OCH3 is 1. The van der Waals surface area contributed by atoms with Crippen LogP contribution in [0.5, 0.6) is 5.75 Å². The predicted octanol–water partition coefficient (Wildman–Crippen LogP) is 2.80. The van der Waals surface area contributed by atoms with Crippen molar-refractivity contribution in [1.82, 2.24) is 10.2 Å². The average Bonchev–Trinajstić information content (AvgIpc) is 2.74. The van der Waals surface area contributed by atoms with Crippen molar-refractivity contribution in [2.75, 3.05) is 50.1 Å². The molecule has 0 radical (unpaired) electrons. The van der Waals surface area contributed by atoms with Gasteiger partial charge in [0.15, 0.2) is 0 Å². The minimum Gasteiger partial charge on any atom is -0.495 e. The number of para-hydroxylation sites is 2. The molecule has 2 aromatic carbocycles. The molecule has 2 N–H and O–H groups in total. The fourth-order valence-corrected chi connectivity index (χ4v) is 3.21. The molecule has 0 bridgehead atoms. The molecule has 1 heterocycles. The zero-order valence-corrected chi connectivity index (χ0v) is 16.3. The highest BCUT2D eigenvalue weighted by molar-refractivity contribution is 5.95. The molecule has 1 fully saturated rings. The van der Waals surface area contributed by atoms with Crippen molar-refractivity contribution in [2.24, 2.45) is 0 Å². The van der Waals surface area contributed by atoms with Gasteiger partial charge in [-0.1, -0.05) is 12.1 Å². The molecule has 7 nitrogen and oxygen atoms in total. The molecule has 1 aliphatic rings. The second-order valence-electron chi connectivity index (χ2n) is 6.51. The maximum absolute atomic E-state index is 12.5. The van der Waals surface area contributed by atoms with Crippen molar-refractivity contribution >= 4 is 23.3 Å². The number of nitrogens with one attached hydrogen (secondary N) is 2. The van der Waals surface area contributed by atoms with E-state index in [0.717, 1.165) is 24.5 Å². The molecule has 1 aliphatic heterocycles. The van der Waals surface area contributed by atoms with Crippen molar-refractivity contribution in [3.05, 3.63) is 54.1 Å². The number of hydrogen-bond acceptors (Lipinski definition) is 4. The number of amides is 3. The van der Waals surface area contributed by atoms with Gasteiger partial charge in [-0.05, 0) is 43.3 Å². The van der Waals surface area contributed by atoms with Crippen LogP contribution in [0, 0.1) is 0 Å². The number of hydrogen-bond donors (Lipinski definition) is 2. The number of carbonyl (C=O) groups excluding carboxylic acids is 2. The van der Waals surface area contributed by atoms with Crippen LogP contribution in [0.15, 0.2) is 48.5 Å². The van der Waals surface area contributed by atoms with Gasteiger partial charge >= 0.3 is 6.03 Å². The van der Waals surface area contributed by atoms with Gasteiger partial charge in [-0.15, -0.1) is 0 Å². The van der Waals surface area contributed by atoms with E-state index in [2.05, 4.69) is 15.5 Å². The Morgan fingerprint density at radius 1 is 1.00 bits per heavy atom. The van der Waals surface area contributed by atoms with Crippen LogP contribution in [0.1, 0.15) is 17.3 Å². The maximum Gasteiger partial charge on any atom is 0.321 e. The molecular weight excluding hydrogens is 356 g/mol. The molecule has 0 saturated carbocycles. The summed E-state index contributed by atoms with van der Waals surface area (Å²) in [4.78, 5) is 28.4. The van der Waals surface area contributed by atoms with E-state index in [1.807, 2.05) is 31.2 Å². The third-order valence-electron chi connectivity index (χ3n) is 4.73. The van der Waals surface area contributed by atoms with Crippen LogP contribution in [0.2, 0.25) is 0 Å². The molecule has 0 aromatic heterocycles. The SMILES string of the molecule is CCNC(=O)c1ccc(NC(=O)N2CCN(c3ccccc3OC)CC2)cc1. The zero-order chi connectivity index (χ0) is 19.9. The Hall–Kier alpha value is -3.22. The van der Waals surface area contributed by atoms with Gasteiger partial charge in [0, 0.05) is 44.0 Å². The lowest BCUT2D eigenvalue weighted by Crippen LogP contribution is -2.50. The largest absolute Gasteiger partial charge is 0.495 e. The Bertz CT molecular complexity index is 815. The molecule has 3 amide bonds. The first-order chi connectivity index (χ1) is 13.6. The smallest absolute Gasteiger partial charge is 0.321 e. The lowest BCUT2D eigenvalue weighted by atomic mass is 10.2. The van der Waals surface area contributed by atoms with E-state index in [1.165, 1.54) is 0 Å². The minimum atomic E-state index is -0.134. The monoisotopic (exact) mass is 382 g/mol. The molecule has 0 aliphatic carbocycles. The van der Waals surface area contributed by atoms with Crippen molar-refractivity contribution in [1.29, 1.82) is 0 Å². The quantitative estimate of drug-likeness (QED) is 0.834. The summed E-state index contributed by atoms with van der Waals surface area (Å²) in [6, 6.07) is 14.7. The standard InChI is InChI=1S/C21H26N4O3/c1-3-22-20(26)16-8-10-17(11-9-16)23-21(27)25-14-12-24(13-15-25)18-6-4-5-7-19(18)28-2/h4-11H,3,12-15H2,1-2H3,(H,22,26)(H,23,27). The maximum atomic E-state index is 12.5. The van der Waals surface area contributed by atoms with E-state index in [0.29, 0.717) is 30.9 Å². The van der Waals surface area contributed by atoms with Crippen molar-refractivity contribution in [3.8, 4) is 5.75 Å². The third-order valence-corrected chi connectivity index (χ3v) is 4.73. The van der Waals surface area contributed by atoms with Gasteiger partial charge in [-0.2, -0.15) is 0 Å². The van der Waals surface area contributed by atoms with Gasteiger partial charge in [-0.25, -0.2) is 4.79 Å². The predicted molar refractivity (Wildman–Crippen MR) is 110 cm³/mol. The highest BCUT2D eigenvalue weighted by Crippen LogP contribution is 2.28. The van der Waals surface area contributed by atoms with Crippen LogP contribution in [0.3, 0.4) is 0 Å². The van der Waals surface area contributed by atoms with Crippen LogP contribution < -0.4 is 20.3 Å². The van der Waals surface area contributed by atoms with E-state index in [9.17, 15) is 9.59 Å². The first kappa shape index (κ1) is 19.5. The van der Waals surface area contributed by atoms with Crippen LogP contribution in [0.4, 0.5) is 16.2 Å². The molecule has 148 valence electrons. The number of ether oxygens (including phenoxy) is 1. The van der Waals surface area contributed by atoms with Gasteiger partial charge in [-0.3, -0.25) is 4.79 Å². The van der Waals surface area contributed by atoms with E-state index in [1.54, 1.807) is 36.3 Å². The lowest BCUT2D eigenvalue weighted by molar-refractivity contribution is 0.0956. The second-order valence-corrected chi connectivity index (χ2v) is 6.51. The van der Waals surface area contributed by atoms with Crippen molar-refractivity contribution < 1.29 is 14.3 Å². The lowest BCUT2D eigenvalue weighted by Gasteiger charge is -2.36. The normalized spacial score (nSPS) is 13.8. The Balaban J connectivity index is 1.54. The Kier molecular flexibility index (Phi) is 6.37. The number of piperazine rings is 1. The third kappa shape index (κ3) is 4.54. The average molecular weight is 382 g/mol.